The molecule has 0 spiro atoms. The predicted molar refractivity (Wildman–Crippen MR) is 347 cm³/mol. The first kappa shape index (κ1) is 47.1. The maximum Gasteiger partial charge on any atom is 0.104 e. The first-order valence-electron chi connectivity index (χ1n) is 28.4. The highest BCUT2D eigenvalue weighted by Gasteiger charge is 2.35. The number of para-hydroxylation sites is 6. The SMILES string of the molecule is N#Cc1c(-n2c3ccccc3c3ccccc32)c(-c2ccc3ccccc3c2)c(-n2c3ccccc3c3ccccc32)c(C#N)c1-n1c2ccc(-c3ccccc3)cc2c2cc(-c3ccccc3)c3c(c4ccccc4n3-c3ccccc3)c21. The lowest BCUT2D eigenvalue weighted by atomic mass is 9.90. The Morgan fingerprint density at radius 2 is 0.702 bits per heavy atom. The summed E-state index contributed by atoms with van der Waals surface area (Å²) in [6.45, 7) is 0. The zero-order chi connectivity index (χ0) is 55.6. The molecule has 0 aliphatic carbocycles. The van der Waals surface area contributed by atoms with E-state index in [1.165, 1.54) is 0 Å². The molecule has 4 aromatic heterocycles. The van der Waals surface area contributed by atoms with Crippen LogP contribution in [-0.2, 0) is 0 Å². The maximum atomic E-state index is 12.8. The van der Waals surface area contributed by atoms with Gasteiger partial charge in [-0.05, 0) is 99.8 Å². The molecule has 6 nitrogen and oxygen atoms in total. The van der Waals surface area contributed by atoms with Crippen LogP contribution in [-0.4, -0.2) is 18.3 Å². The van der Waals surface area contributed by atoms with Crippen LogP contribution in [0.15, 0.2) is 279 Å². The van der Waals surface area contributed by atoms with Crippen molar-refractivity contribution in [1.29, 1.82) is 10.5 Å². The van der Waals surface area contributed by atoms with Crippen LogP contribution < -0.4 is 0 Å². The second-order valence-corrected chi connectivity index (χ2v) is 21.7. The lowest BCUT2D eigenvalue weighted by Crippen LogP contribution is -2.14. The minimum atomic E-state index is 0.365. The molecule has 0 aliphatic rings. The van der Waals surface area contributed by atoms with Gasteiger partial charge in [-0.1, -0.05) is 212 Å². The quantitative estimate of drug-likeness (QED) is 0.160. The molecule has 388 valence electrons. The summed E-state index contributed by atoms with van der Waals surface area (Å²) in [7, 11) is 0. The molecular weight excluding hydrogens is 1020 g/mol. The molecule has 0 fully saturated rings. The molecular formula is C78H46N6. The van der Waals surface area contributed by atoms with Crippen molar-refractivity contribution in [2.75, 3.05) is 0 Å². The lowest BCUT2D eigenvalue weighted by Gasteiger charge is -2.26. The summed E-state index contributed by atoms with van der Waals surface area (Å²) in [6.07, 6.45) is 0. The van der Waals surface area contributed by atoms with Crippen molar-refractivity contribution < 1.29 is 0 Å². The largest absolute Gasteiger partial charge is 0.309 e. The van der Waals surface area contributed by atoms with Gasteiger partial charge in [-0.2, -0.15) is 10.5 Å². The van der Waals surface area contributed by atoms with E-state index < -0.39 is 0 Å². The fraction of sp³-hybridized carbons (Fsp3) is 0. The van der Waals surface area contributed by atoms with Gasteiger partial charge in [-0.25, -0.2) is 0 Å². The summed E-state index contributed by atoms with van der Waals surface area (Å²) in [4.78, 5) is 0. The molecule has 0 saturated carbocycles. The van der Waals surface area contributed by atoms with Crippen LogP contribution in [0, 0.1) is 22.7 Å². The third kappa shape index (κ3) is 6.71. The van der Waals surface area contributed by atoms with Crippen LogP contribution in [0.25, 0.3) is 154 Å². The number of hydrogen-bond donors (Lipinski definition) is 0. The standard InChI is InChI=1S/C78H46N6/c79-47-64-74(84-71-43-42-53(49-22-4-1-5-23-49)45-62(71)63-46-61(51-25-6-2-7-26-51)75-73(76(63)84)60-34-16-21-39-70(60)81(75)55-28-8-3-9-29-55)65(48-80)78(83-68-37-19-14-32-58(68)59-33-15-20-38-69(59)83)72(54-41-40-50-24-10-11-27-52(50)44-54)77(64)82-66-35-17-12-30-56(66)57-31-13-18-36-67(57)82/h1-46H. The molecule has 0 N–H and O–H groups in total. The number of fused-ring (bicyclic) bond motifs is 14. The molecule has 84 heavy (non-hydrogen) atoms. The van der Waals surface area contributed by atoms with Gasteiger partial charge in [0.05, 0.1) is 61.2 Å². The zero-order valence-corrected chi connectivity index (χ0v) is 45.2. The van der Waals surface area contributed by atoms with E-state index in [9.17, 15) is 10.5 Å². The van der Waals surface area contributed by atoms with Crippen LogP contribution in [0.2, 0.25) is 0 Å². The highest BCUT2D eigenvalue weighted by molar-refractivity contribution is 6.30. The highest BCUT2D eigenvalue weighted by atomic mass is 15.1. The molecule has 0 amide bonds. The average Bonchev–Trinajstić information content (AvgIpc) is 1.78. The Morgan fingerprint density at radius 3 is 1.25 bits per heavy atom. The van der Waals surface area contributed by atoms with E-state index in [4.69, 9.17) is 0 Å². The number of benzene rings is 13. The summed E-state index contributed by atoms with van der Waals surface area (Å²) >= 11 is 0. The molecule has 17 rings (SSSR count). The zero-order valence-electron chi connectivity index (χ0n) is 45.2. The molecule has 17 aromatic rings. The third-order valence-corrected chi connectivity index (χ3v) is 17.4. The Morgan fingerprint density at radius 1 is 0.262 bits per heavy atom. The number of nitrogens with zero attached hydrogens (tertiary/aromatic N) is 6. The van der Waals surface area contributed by atoms with Gasteiger partial charge in [0.1, 0.15) is 23.3 Å². The van der Waals surface area contributed by atoms with Crippen molar-refractivity contribution >= 4 is 98.0 Å². The number of hydrogen-bond acceptors (Lipinski definition) is 2. The molecule has 0 unspecified atom stereocenters. The van der Waals surface area contributed by atoms with E-state index in [-0.39, 0.29) is 0 Å². The van der Waals surface area contributed by atoms with Crippen LogP contribution in [0.3, 0.4) is 0 Å². The van der Waals surface area contributed by atoms with Crippen molar-refractivity contribution in [3.05, 3.63) is 290 Å². The summed E-state index contributed by atoms with van der Waals surface area (Å²) in [5, 5.41) is 36.1. The van der Waals surface area contributed by atoms with E-state index in [1.54, 1.807) is 0 Å². The maximum absolute atomic E-state index is 12.8. The summed E-state index contributed by atoms with van der Waals surface area (Å²) in [5.41, 5.74) is 17.1. The van der Waals surface area contributed by atoms with Crippen LogP contribution in [0.1, 0.15) is 11.1 Å². The topological polar surface area (TPSA) is 67.3 Å². The Bertz CT molecular complexity index is 5430. The van der Waals surface area contributed by atoms with Gasteiger partial charge in [0, 0.05) is 59.9 Å². The summed E-state index contributed by atoms with van der Waals surface area (Å²) in [5.74, 6) is 0. The molecule has 6 heteroatoms. The Balaban J connectivity index is 1.18. The number of rotatable bonds is 7. The molecule has 0 atom stereocenters. The van der Waals surface area contributed by atoms with Crippen molar-refractivity contribution in [3.63, 3.8) is 0 Å². The van der Waals surface area contributed by atoms with Gasteiger partial charge in [0.15, 0.2) is 0 Å². The monoisotopic (exact) mass is 1070 g/mol. The van der Waals surface area contributed by atoms with E-state index >= 15 is 0 Å². The molecule has 0 saturated heterocycles. The van der Waals surface area contributed by atoms with Gasteiger partial charge in [-0.15, -0.1) is 0 Å². The minimum absolute atomic E-state index is 0.365. The normalized spacial score (nSPS) is 11.8. The van der Waals surface area contributed by atoms with Gasteiger partial charge >= 0.3 is 0 Å². The average molecular weight is 1070 g/mol. The summed E-state index contributed by atoms with van der Waals surface area (Å²) in [6, 6.07) is 105. The van der Waals surface area contributed by atoms with Crippen molar-refractivity contribution in [3.8, 4) is 68.3 Å². The molecule has 0 aliphatic heterocycles. The van der Waals surface area contributed by atoms with Gasteiger partial charge < -0.3 is 18.3 Å². The highest BCUT2D eigenvalue weighted by Crippen LogP contribution is 2.52. The van der Waals surface area contributed by atoms with Crippen LogP contribution in [0.4, 0.5) is 0 Å². The van der Waals surface area contributed by atoms with E-state index in [0.29, 0.717) is 28.2 Å². The molecule has 0 bridgehead atoms. The van der Waals surface area contributed by atoms with Crippen molar-refractivity contribution in [2.45, 2.75) is 0 Å². The number of aromatic nitrogens is 4. The van der Waals surface area contributed by atoms with Crippen molar-refractivity contribution in [1.82, 2.24) is 18.3 Å². The second-order valence-electron chi connectivity index (χ2n) is 21.7. The van der Waals surface area contributed by atoms with Gasteiger partial charge in [0.25, 0.3) is 0 Å². The minimum Gasteiger partial charge on any atom is -0.309 e. The second kappa shape index (κ2) is 18.4. The lowest BCUT2D eigenvalue weighted by molar-refractivity contribution is 1.08. The first-order chi connectivity index (χ1) is 41.7. The Hall–Kier alpha value is -11.7. The van der Waals surface area contributed by atoms with Crippen molar-refractivity contribution in [2.24, 2.45) is 0 Å². The number of nitriles is 2. The third-order valence-electron chi connectivity index (χ3n) is 17.4. The Labute approximate surface area is 482 Å². The van der Waals surface area contributed by atoms with E-state index in [0.717, 1.165) is 137 Å². The molecule has 4 heterocycles. The summed E-state index contributed by atoms with van der Waals surface area (Å²) < 4.78 is 9.31. The van der Waals surface area contributed by atoms with E-state index in [1.807, 2.05) is 0 Å². The molecule has 0 radical (unpaired) electrons. The fourth-order valence-corrected chi connectivity index (χ4v) is 13.9. The fourth-order valence-electron chi connectivity index (χ4n) is 13.9. The molecule has 13 aromatic carbocycles. The first-order valence-corrected chi connectivity index (χ1v) is 28.4. The van der Waals surface area contributed by atoms with Crippen LogP contribution >= 0.6 is 0 Å². The van der Waals surface area contributed by atoms with Gasteiger partial charge in [0.2, 0.25) is 0 Å². The predicted octanol–water partition coefficient (Wildman–Crippen LogP) is 20.0. The Kier molecular flexibility index (Phi) is 10.3. The smallest absolute Gasteiger partial charge is 0.104 e. The van der Waals surface area contributed by atoms with E-state index in [2.05, 4.69) is 309 Å². The van der Waals surface area contributed by atoms with Crippen LogP contribution in [0.5, 0.6) is 0 Å². The van der Waals surface area contributed by atoms with Gasteiger partial charge in [-0.3, -0.25) is 0 Å².